The number of carbonyl (C=O) groups is 1. The van der Waals surface area contributed by atoms with Crippen LogP contribution in [0.15, 0.2) is 48.8 Å². The van der Waals surface area contributed by atoms with Crippen molar-refractivity contribution in [1.29, 1.82) is 0 Å². The van der Waals surface area contributed by atoms with Crippen molar-refractivity contribution in [3.05, 3.63) is 65.6 Å². The largest absolute Gasteiger partial charge is 0.487 e. The Morgan fingerprint density at radius 3 is 2.61 bits per heavy atom. The Kier molecular flexibility index (Phi) is 7.69. The minimum absolute atomic E-state index is 0. The van der Waals surface area contributed by atoms with Crippen molar-refractivity contribution in [3.8, 4) is 5.75 Å². The molecule has 1 aliphatic heterocycles. The number of aromatic nitrogens is 2. The summed E-state index contributed by atoms with van der Waals surface area (Å²) in [6, 6.07) is 11.2. The molecule has 1 aliphatic rings. The molecule has 2 aromatic heterocycles. The first-order valence-corrected chi connectivity index (χ1v) is 8.83. The van der Waals surface area contributed by atoms with Crippen LogP contribution in [0.2, 0.25) is 0 Å². The van der Waals surface area contributed by atoms with Crippen molar-refractivity contribution in [2.24, 2.45) is 5.92 Å². The average molecular weight is 423 g/mol. The zero-order chi connectivity index (χ0) is 17.9. The Bertz CT molecular complexity index is 924. The SMILES string of the molecule is Cc1ccc2nc(COc3ccc(C(=O)NCC4CNC4)cc3)cn2c1.Cl.Cl. The van der Waals surface area contributed by atoms with Crippen LogP contribution in [0.25, 0.3) is 5.65 Å². The van der Waals surface area contributed by atoms with Gasteiger partial charge in [-0.2, -0.15) is 0 Å². The molecule has 0 atom stereocenters. The quantitative estimate of drug-likeness (QED) is 0.640. The first-order valence-electron chi connectivity index (χ1n) is 8.83. The Labute approximate surface area is 176 Å². The summed E-state index contributed by atoms with van der Waals surface area (Å²) in [6.07, 6.45) is 4.01. The maximum Gasteiger partial charge on any atom is 0.251 e. The van der Waals surface area contributed by atoms with E-state index < -0.39 is 0 Å². The third-order valence-electron chi connectivity index (χ3n) is 4.57. The molecule has 3 aromatic rings. The average Bonchev–Trinajstić information content (AvgIpc) is 3.01. The number of amides is 1. The van der Waals surface area contributed by atoms with Gasteiger partial charge in [-0.1, -0.05) is 6.07 Å². The first-order chi connectivity index (χ1) is 12.7. The van der Waals surface area contributed by atoms with Crippen LogP contribution in [0.5, 0.6) is 5.75 Å². The first kappa shape index (κ1) is 22.0. The summed E-state index contributed by atoms with van der Waals surface area (Å²) in [5.74, 6) is 1.23. The second-order valence-corrected chi connectivity index (χ2v) is 6.75. The minimum atomic E-state index is -0.0424. The van der Waals surface area contributed by atoms with Crippen molar-refractivity contribution in [3.63, 3.8) is 0 Å². The van der Waals surface area contributed by atoms with Gasteiger partial charge in [0.05, 0.1) is 5.69 Å². The fraction of sp³-hybridized carbons (Fsp3) is 0.300. The van der Waals surface area contributed by atoms with E-state index in [1.807, 2.05) is 41.1 Å². The fourth-order valence-electron chi connectivity index (χ4n) is 2.92. The fourth-order valence-corrected chi connectivity index (χ4v) is 2.92. The molecule has 1 saturated heterocycles. The molecule has 8 heteroatoms. The van der Waals surface area contributed by atoms with Gasteiger partial charge < -0.3 is 19.8 Å². The van der Waals surface area contributed by atoms with Crippen LogP contribution in [0.4, 0.5) is 0 Å². The van der Waals surface area contributed by atoms with Crippen LogP contribution in [0, 0.1) is 12.8 Å². The predicted molar refractivity (Wildman–Crippen MR) is 114 cm³/mol. The van der Waals surface area contributed by atoms with Gasteiger partial charge in [0.2, 0.25) is 0 Å². The molecule has 0 aliphatic carbocycles. The van der Waals surface area contributed by atoms with E-state index in [4.69, 9.17) is 4.74 Å². The molecule has 0 spiro atoms. The molecular weight excluding hydrogens is 399 g/mol. The highest BCUT2D eigenvalue weighted by molar-refractivity contribution is 5.94. The smallest absolute Gasteiger partial charge is 0.251 e. The Hall–Kier alpha value is -2.28. The molecule has 150 valence electrons. The Morgan fingerprint density at radius 1 is 1.18 bits per heavy atom. The van der Waals surface area contributed by atoms with Crippen molar-refractivity contribution in [2.45, 2.75) is 13.5 Å². The summed E-state index contributed by atoms with van der Waals surface area (Å²) >= 11 is 0. The maximum absolute atomic E-state index is 12.1. The normalized spacial score (nSPS) is 13.2. The third kappa shape index (κ3) is 5.16. The third-order valence-corrected chi connectivity index (χ3v) is 4.57. The second kappa shape index (κ2) is 9.78. The van der Waals surface area contributed by atoms with Crippen LogP contribution in [0.3, 0.4) is 0 Å². The van der Waals surface area contributed by atoms with Crippen LogP contribution in [-0.2, 0) is 6.61 Å². The molecule has 0 saturated carbocycles. The van der Waals surface area contributed by atoms with E-state index in [0.717, 1.165) is 36.7 Å². The summed E-state index contributed by atoms with van der Waals surface area (Å²) in [6.45, 7) is 5.13. The van der Waals surface area contributed by atoms with Gasteiger partial charge in [-0.25, -0.2) is 4.98 Å². The highest BCUT2D eigenvalue weighted by Crippen LogP contribution is 2.15. The lowest BCUT2D eigenvalue weighted by molar-refractivity contribution is 0.0942. The Balaban J connectivity index is 0.00000140. The molecule has 0 radical (unpaired) electrons. The topological polar surface area (TPSA) is 67.7 Å². The van der Waals surface area contributed by atoms with Crippen molar-refractivity contribution in [1.82, 2.24) is 20.0 Å². The standard InChI is InChI=1S/C20H22N4O2.2ClH/c1-14-2-7-19-23-17(12-24(19)11-14)13-26-18-5-3-16(4-6-18)20(25)22-10-15-8-21-9-15;;/h2-7,11-12,15,21H,8-10,13H2,1H3,(H,22,25);2*1H. The van der Waals surface area contributed by atoms with E-state index in [2.05, 4.69) is 22.5 Å². The molecule has 3 heterocycles. The van der Waals surface area contributed by atoms with Crippen LogP contribution in [-0.4, -0.2) is 34.9 Å². The number of fused-ring (bicyclic) bond motifs is 1. The summed E-state index contributed by atoms with van der Waals surface area (Å²) < 4.78 is 7.79. The van der Waals surface area contributed by atoms with Crippen molar-refractivity contribution >= 4 is 36.4 Å². The molecule has 6 nitrogen and oxygen atoms in total. The number of benzene rings is 1. The van der Waals surface area contributed by atoms with Crippen LogP contribution >= 0.6 is 24.8 Å². The van der Waals surface area contributed by atoms with Gasteiger partial charge in [0.1, 0.15) is 18.0 Å². The molecule has 1 amide bonds. The summed E-state index contributed by atoms with van der Waals surface area (Å²) in [5.41, 5.74) is 3.60. The van der Waals surface area contributed by atoms with E-state index >= 15 is 0 Å². The molecule has 4 rings (SSSR count). The number of pyridine rings is 1. The minimum Gasteiger partial charge on any atom is -0.487 e. The second-order valence-electron chi connectivity index (χ2n) is 6.75. The Morgan fingerprint density at radius 2 is 1.93 bits per heavy atom. The number of nitrogens with zero attached hydrogens (tertiary/aromatic N) is 2. The van der Waals surface area contributed by atoms with Crippen molar-refractivity contribution in [2.75, 3.05) is 19.6 Å². The number of nitrogens with one attached hydrogen (secondary N) is 2. The molecule has 0 unspecified atom stereocenters. The van der Waals surface area contributed by atoms with Gasteiger partial charge in [0, 0.05) is 43.5 Å². The van der Waals surface area contributed by atoms with Gasteiger partial charge in [0.15, 0.2) is 0 Å². The van der Waals surface area contributed by atoms with Crippen molar-refractivity contribution < 1.29 is 9.53 Å². The van der Waals surface area contributed by atoms with E-state index in [1.165, 1.54) is 5.56 Å². The number of imidazole rings is 1. The van der Waals surface area contributed by atoms with Gasteiger partial charge in [-0.15, -0.1) is 24.8 Å². The molecule has 28 heavy (non-hydrogen) atoms. The molecule has 1 aromatic carbocycles. The van der Waals surface area contributed by atoms with E-state index in [-0.39, 0.29) is 30.7 Å². The number of hydrogen-bond acceptors (Lipinski definition) is 4. The number of ether oxygens (including phenoxy) is 1. The lowest BCUT2D eigenvalue weighted by Gasteiger charge is -2.27. The summed E-state index contributed by atoms with van der Waals surface area (Å²) in [4.78, 5) is 16.7. The lowest BCUT2D eigenvalue weighted by atomic mass is 10.0. The molecule has 2 N–H and O–H groups in total. The van der Waals surface area contributed by atoms with E-state index in [1.54, 1.807) is 12.1 Å². The number of aryl methyl sites for hydroxylation is 1. The summed E-state index contributed by atoms with van der Waals surface area (Å²) in [7, 11) is 0. The van der Waals surface area contributed by atoms with E-state index in [9.17, 15) is 4.79 Å². The number of hydrogen-bond donors (Lipinski definition) is 2. The zero-order valence-electron chi connectivity index (χ0n) is 15.6. The highest BCUT2D eigenvalue weighted by atomic mass is 35.5. The molecule has 0 bridgehead atoms. The highest BCUT2D eigenvalue weighted by Gasteiger charge is 2.17. The summed E-state index contributed by atoms with van der Waals surface area (Å²) in [5, 5.41) is 6.16. The number of carbonyl (C=O) groups excluding carboxylic acids is 1. The van der Waals surface area contributed by atoms with Gasteiger partial charge in [-0.3, -0.25) is 4.79 Å². The number of halogens is 2. The molecular formula is C20H24Cl2N4O2. The predicted octanol–water partition coefficient (Wildman–Crippen LogP) is 3.01. The monoisotopic (exact) mass is 422 g/mol. The lowest BCUT2D eigenvalue weighted by Crippen LogP contribution is -2.48. The molecule has 1 fully saturated rings. The van der Waals surface area contributed by atoms with Gasteiger partial charge in [0.25, 0.3) is 5.91 Å². The zero-order valence-corrected chi connectivity index (χ0v) is 17.2. The maximum atomic E-state index is 12.1. The number of rotatable bonds is 6. The van der Waals surface area contributed by atoms with Crippen LogP contribution in [0.1, 0.15) is 21.6 Å². The van der Waals surface area contributed by atoms with Gasteiger partial charge >= 0.3 is 0 Å². The van der Waals surface area contributed by atoms with Gasteiger partial charge in [-0.05, 0) is 42.8 Å². The van der Waals surface area contributed by atoms with Crippen LogP contribution < -0.4 is 15.4 Å². The van der Waals surface area contributed by atoms with E-state index in [0.29, 0.717) is 18.1 Å².